The molecule has 0 radical (unpaired) electrons. The number of carbonyl (C=O) groups excluding carboxylic acids is 1. The van der Waals surface area contributed by atoms with Gasteiger partial charge in [0.2, 0.25) is 0 Å². The van der Waals surface area contributed by atoms with Gasteiger partial charge in [-0.05, 0) is 42.5 Å². The van der Waals surface area contributed by atoms with Gasteiger partial charge in [0.25, 0.3) is 0 Å². The maximum absolute atomic E-state index is 13.5. The highest BCUT2D eigenvalue weighted by Gasteiger charge is 2.23. The van der Waals surface area contributed by atoms with Crippen molar-refractivity contribution >= 4 is 11.8 Å². The molecule has 3 rings (SSSR count). The van der Waals surface area contributed by atoms with Gasteiger partial charge in [0.15, 0.2) is 5.78 Å². The van der Waals surface area contributed by atoms with Crippen molar-refractivity contribution in [3.05, 3.63) is 102 Å². The summed E-state index contributed by atoms with van der Waals surface area (Å²) in [6, 6.07) is 26.9. The Kier molecular flexibility index (Phi) is 8.61. The fourth-order valence-electron chi connectivity index (χ4n) is 3.89. The maximum Gasteiger partial charge on any atom is 0.306 e. The minimum absolute atomic E-state index is 0.0322. The summed E-state index contributed by atoms with van der Waals surface area (Å²) in [5.74, 6) is -0.755. The normalized spacial score (nSPS) is 12.7. The monoisotopic (exact) mass is 430 g/mol. The minimum Gasteiger partial charge on any atom is -0.489 e. The van der Waals surface area contributed by atoms with E-state index < -0.39 is 5.97 Å². The van der Waals surface area contributed by atoms with Crippen molar-refractivity contribution in [1.82, 2.24) is 0 Å². The van der Waals surface area contributed by atoms with E-state index in [0.29, 0.717) is 43.6 Å². The lowest BCUT2D eigenvalue weighted by Gasteiger charge is -2.18. The lowest BCUT2D eigenvalue weighted by Crippen LogP contribution is -2.16. The largest absolute Gasteiger partial charge is 0.489 e. The Balaban J connectivity index is 1.73. The molecule has 0 saturated carbocycles. The van der Waals surface area contributed by atoms with Crippen LogP contribution in [0.4, 0.5) is 0 Å². The Morgan fingerprint density at radius 3 is 2.22 bits per heavy atom. The molecule has 0 aliphatic rings. The standard InChI is InChI=1S/C28H30O4/c1-2-22(28(30)31)15-10-18-26(23-13-7-4-8-14-23)27(29)24-16-9-17-25(19-24)32-20-21-11-5-3-6-12-21/h3-9,11-14,16-17,19,22,26H,2,10,15,18,20H2,1H3,(H,30,31). The highest BCUT2D eigenvalue weighted by Crippen LogP contribution is 2.29. The van der Waals surface area contributed by atoms with Crippen LogP contribution in [0.1, 0.15) is 60.0 Å². The molecular weight excluding hydrogens is 400 g/mol. The minimum atomic E-state index is -0.765. The Morgan fingerprint density at radius 1 is 0.875 bits per heavy atom. The summed E-state index contributed by atoms with van der Waals surface area (Å²) in [7, 11) is 0. The van der Waals surface area contributed by atoms with Crippen LogP contribution >= 0.6 is 0 Å². The third-order valence-corrected chi connectivity index (χ3v) is 5.77. The van der Waals surface area contributed by atoms with Gasteiger partial charge in [-0.25, -0.2) is 0 Å². The third kappa shape index (κ3) is 6.55. The first-order valence-corrected chi connectivity index (χ1v) is 11.2. The summed E-state index contributed by atoms with van der Waals surface area (Å²) in [4.78, 5) is 24.8. The van der Waals surface area contributed by atoms with E-state index in [1.807, 2.05) is 85.8 Å². The Morgan fingerprint density at radius 2 is 1.56 bits per heavy atom. The summed E-state index contributed by atoms with van der Waals surface area (Å²) in [6.07, 6.45) is 2.46. The van der Waals surface area contributed by atoms with Crippen LogP contribution in [-0.4, -0.2) is 16.9 Å². The molecule has 0 aromatic heterocycles. The van der Waals surface area contributed by atoms with E-state index in [1.165, 1.54) is 0 Å². The summed E-state index contributed by atoms with van der Waals surface area (Å²) in [5, 5.41) is 9.33. The van der Waals surface area contributed by atoms with E-state index in [4.69, 9.17) is 4.74 Å². The summed E-state index contributed by atoms with van der Waals surface area (Å²) >= 11 is 0. The van der Waals surface area contributed by atoms with Crippen LogP contribution in [-0.2, 0) is 11.4 Å². The second-order valence-corrected chi connectivity index (χ2v) is 8.00. The molecule has 32 heavy (non-hydrogen) atoms. The van der Waals surface area contributed by atoms with Gasteiger partial charge in [0.1, 0.15) is 12.4 Å². The number of ketones is 1. The van der Waals surface area contributed by atoms with E-state index in [1.54, 1.807) is 6.07 Å². The van der Waals surface area contributed by atoms with Crippen LogP contribution in [0.3, 0.4) is 0 Å². The van der Waals surface area contributed by atoms with Crippen molar-refractivity contribution in [3.63, 3.8) is 0 Å². The van der Waals surface area contributed by atoms with Crippen molar-refractivity contribution in [1.29, 1.82) is 0 Å². The topological polar surface area (TPSA) is 63.6 Å². The Labute approximate surface area is 189 Å². The Bertz CT molecular complexity index is 998. The number of carbonyl (C=O) groups is 2. The van der Waals surface area contributed by atoms with Crippen LogP contribution in [0.25, 0.3) is 0 Å². The molecule has 0 fully saturated rings. The van der Waals surface area contributed by atoms with E-state index in [2.05, 4.69) is 0 Å². The van der Waals surface area contributed by atoms with Crippen LogP contribution in [0.5, 0.6) is 5.75 Å². The average Bonchev–Trinajstić information content (AvgIpc) is 2.83. The molecule has 4 nitrogen and oxygen atoms in total. The predicted molar refractivity (Wildman–Crippen MR) is 126 cm³/mol. The van der Waals surface area contributed by atoms with E-state index >= 15 is 0 Å². The molecule has 0 spiro atoms. The lowest BCUT2D eigenvalue weighted by atomic mass is 9.85. The summed E-state index contributed by atoms with van der Waals surface area (Å²) in [5.41, 5.74) is 2.63. The zero-order valence-corrected chi connectivity index (χ0v) is 18.4. The number of ether oxygens (including phenoxy) is 1. The second kappa shape index (κ2) is 11.8. The number of carboxylic acid groups (broad SMARTS) is 1. The summed E-state index contributed by atoms with van der Waals surface area (Å²) < 4.78 is 5.90. The predicted octanol–water partition coefficient (Wildman–Crippen LogP) is 6.51. The van der Waals surface area contributed by atoms with E-state index in [9.17, 15) is 14.7 Å². The van der Waals surface area contributed by atoms with Gasteiger partial charge in [-0.1, -0.05) is 86.1 Å². The quantitative estimate of drug-likeness (QED) is 0.333. The third-order valence-electron chi connectivity index (χ3n) is 5.77. The summed E-state index contributed by atoms with van der Waals surface area (Å²) in [6.45, 7) is 2.33. The van der Waals surface area contributed by atoms with Gasteiger partial charge in [0.05, 0.1) is 5.92 Å². The smallest absolute Gasteiger partial charge is 0.306 e. The zero-order valence-electron chi connectivity index (χ0n) is 18.4. The number of rotatable bonds is 12. The lowest BCUT2D eigenvalue weighted by molar-refractivity contribution is -0.142. The van der Waals surface area contributed by atoms with Gasteiger partial charge in [-0.2, -0.15) is 0 Å². The molecule has 0 aliphatic carbocycles. The molecular formula is C28H30O4. The maximum atomic E-state index is 13.5. The van der Waals surface area contributed by atoms with Crippen LogP contribution in [0.2, 0.25) is 0 Å². The molecule has 0 bridgehead atoms. The van der Waals surface area contributed by atoms with Gasteiger partial charge in [-0.3, -0.25) is 9.59 Å². The van der Waals surface area contributed by atoms with Crippen LogP contribution in [0.15, 0.2) is 84.9 Å². The number of hydrogen-bond acceptors (Lipinski definition) is 3. The molecule has 4 heteroatoms. The van der Waals surface area contributed by atoms with Crippen molar-refractivity contribution in [2.75, 3.05) is 0 Å². The van der Waals surface area contributed by atoms with Gasteiger partial charge >= 0.3 is 5.97 Å². The van der Waals surface area contributed by atoms with Crippen molar-refractivity contribution in [3.8, 4) is 5.75 Å². The SMILES string of the molecule is CCC(CCCC(C(=O)c1cccc(OCc2ccccc2)c1)c1ccccc1)C(=O)O. The number of aliphatic carboxylic acids is 1. The first kappa shape index (κ1) is 23.3. The molecule has 0 heterocycles. The zero-order chi connectivity index (χ0) is 22.8. The van der Waals surface area contributed by atoms with E-state index in [0.717, 1.165) is 11.1 Å². The number of Topliss-reactive ketones (excluding diaryl/α,β-unsaturated/α-hetero) is 1. The van der Waals surface area contributed by atoms with Gasteiger partial charge in [0, 0.05) is 11.5 Å². The van der Waals surface area contributed by atoms with Gasteiger partial charge in [-0.15, -0.1) is 0 Å². The number of hydrogen-bond donors (Lipinski definition) is 1. The molecule has 0 saturated heterocycles. The highest BCUT2D eigenvalue weighted by molar-refractivity contribution is 6.01. The second-order valence-electron chi connectivity index (χ2n) is 8.00. The molecule has 0 aliphatic heterocycles. The molecule has 2 unspecified atom stereocenters. The fourth-order valence-corrected chi connectivity index (χ4v) is 3.89. The molecule has 3 aromatic carbocycles. The fraction of sp³-hybridized carbons (Fsp3) is 0.286. The molecule has 2 atom stereocenters. The average molecular weight is 431 g/mol. The van der Waals surface area contributed by atoms with Crippen LogP contribution in [0, 0.1) is 5.92 Å². The van der Waals surface area contributed by atoms with Gasteiger partial charge < -0.3 is 9.84 Å². The number of benzene rings is 3. The molecule has 0 amide bonds. The van der Waals surface area contributed by atoms with Crippen LogP contribution < -0.4 is 4.74 Å². The van der Waals surface area contributed by atoms with E-state index in [-0.39, 0.29) is 17.6 Å². The van der Waals surface area contributed by atoms with Crippen molar-refractivity contribution < 1.29 is 19.4 Å². The highest BCUT2D eigenvalue weighted by atomic mass is 16.5. The molecule has 1 N–H and O–H groups in total. The molecule has 3 aromatic rings. The Hall–Kier alpha value is -3.40. The first-order chi connectivity index (χ1) is 15.6. The molecule has 166 valence electrons. The van der Waals surface area contributed by atoms with Crippen molar-refractivity contribution in [2.24, 2.45) is 5.92 Å². The first-order valence-electron chi connectivity index (χ1n) is 11.2. The number of carboxylic acids is 1. The van der Waals surface area contributed by atoms with Crippen molar-refractivity contribution in [2.45, 2.75) is 45.1 Å².